The van der Waals surface area contributed by atoms with Gasteiger partial charge in [0.15, 0.2) is 39.7 Å². The van der Waals surface area contributed by atoms with E-state index in [1.165, 1.54) is 27.2 Å². The minimum atomic E-state index is -0.390. The molecule has 4 aromatic rings. The van der Waals surface area contributed by atoms with Gasteiger partial charge in [-0.05, 0) is 18.6 Å². The van der Waals surface area contributed by atoms with Crippen molar-refractivity contribution in [2.24, 2.45) is 14.1 Å². The number of hydrogen-bond acceptors (Lipinski definition) is 8. The number of aryl methyl sites for hydroxylation is 2. The molecule has 0 saturated heterocycles. The summed E-state index contributed by atoms with van der Waals surface area (Å²) in [7, 11) is 3.36. The number of aromatic nitrogens is 7. The van der Waals surface area contributed by atoms with Gasteiger partial charge in [0.2, 0.25) is 0 Å². The van der Waals surface area contributed by atoms with E-state index < -0.39 is 0 Å². The summed E-state index contributed by atoms with van der Waals surface area (Å²) >= 11 is 1.50. The number of hydrogen-bond donors (Lipinski definition) is 0. The Morgan fingerprint density at radius 1 is 1.17 bits per heavy atom. The minimum Gasteiger partial charge on any atom is -0.485 e. The second kappa shape index (κ2) is 9.45. The number of thioether (sulfide) groups is 1. The first kappa shape index (κ1) is 23.0. The first-order chi connectivity index (χ1) is 17.0. The number of ether oxygens (including phenoxy) is 2. The Labute approximate surface area is 204 Å². The largest absolute Gasteiger partial charge is 0.485 e. The zero-order chi connectivity index (χ0) is 24.5. The van der Waals surface area contributed by atoms with Crippen LogP contribution in [0.3, 0.4) is 0 Å². The monoisotopic (exact) mass is 495 g/mol. The highest BCUT2D eigenvalue weighted by atomic mass is 32.2. The summed E-state index contributed by atoms with van der Waals surface area (Å²) in [5, 5.41) is 9.43. The van der Waals surface area contributed by atoms with Crippen molar-refractivity contribution in [3.05, 3.63) is 69.9 Å². The molecular formula is C23H25N7O4S. The molecule has 0 aliphatic carbocycles. The molecule has 182 valence electrons. The Kier molecular flexibility index (Phi) is 6.20. The molecule has 5 rings (SSSR count). The van der Waals surface area contributed by atoms with Crippen LogP contribution in [0.15, 0.2) is 58.0 Å². The summed E-state index contributed by atoms with van der Waals surface area (Å²) in [6.45, 7) is 4.99. The van der Waals surface area contributed by atoms with Crippen LogP contribution in [0.2, 0.25) is 0 Å². The predicted octanol–water partition coefficient (Wildman–Crippen LogP) is 1.91. The van der Waals surface area contributed by atoms with Gasteiger partial charge < -0.3 is 14.0 Å². The lowest BCUT2D eigenvalue weighted by atomic mass is 10.2. The molecule has 0 saturated carbocycles. The van der Waals surface area contributed by atoms with Crippen LogP contribution >= 0.6 is 11.8 Å². The molecule has 35 heavy (non-hydrogen) atoms. The van der Waals surface area contributed by atoms with E-state index in [4.69, 9.17) is 9.47 Å². The first-order valence-corrected chi connectivity index (χ1v) is 12.1. The third-order valence-electron chi connectivity index (χ3n) is 5.81. The van der Waals surface area contributed by atoms with Gasteiger partial charge in [-0.2, -0.15) is 0 Å². The Morgan fingerprint density at radius 2 is 1.97 bits per heavy atom. The smallest absolute Gasteiger partial charge is 0.332 e. The van der Waals surface area contributed by atoms with Crippen LogP contribution in [0.5, 0.6) is 11.5 Å². The quantitative estimate of drug-likeness (QED) is 0.207. The van der Waals surface area contributed by atoms with Gasteiger partial charge in [0.25, 0.3) is 5.56 Å². The van der Waals surface area contributed by atoms with Gasteiger partial charge in [-0.1, -0.05) is 30.0 Å². The van der Waals surface area contributed by atoms with Crippen LogP contribution in [0, 0.1) is 0 Å². The molecule has 0 N–H and O–H groups in total. The van der Waals surface area contributed by atoms with E-state index in [9.17, 15) is 9.59 Å². The fourth-order valence-electron chi connectivity index (χ4n) is 4.07. The number of fused-ring (bicyclic) bond motifs is 2. The topological polar surface area (TPSA) is 111 Å². The number of para-hydroxylation sites is 2. The number of allylic oxidation sites excluding steroid dienone is 1. The van der Waals surface area contributed by atoms with Gasteiger partial charge in [0.1, 0.15) is 6.61 Å². The summed E-state index contributed by atoms with van der Waals surface area (Å²) < 4.78 is 18.2. The molecule has 0 bridgehead atoms. The molecule has 1 aromatic carbocycles. The normalized spacial score (nSPS) is 15.0. The van der Waals surface area contributed by atoms with Gasteiger partial charge in [0, 0.05) is 32.9 Å². The molecule has 0 radical (unpaired) electrons. The average molecular weight is 496 g/mol. The standard InChI is InChI=1S/C23H25N7O4S/c1-4-10-29-19(17-13-33-15-8-5-6-9-16(15)34-17)25-26-22(29)35-12-7-11-30-21(31)18-20(24-14-27(18)2)28(3)23(30)32/h4-6,8-9,14,17H,1,7,10-13H2,2-3H3/t17-/m1/s1. The maximum Gasteiger partial charge on any atom is 0.332 e. The Balaban J connectivity index is 1.29. The van der Waals surface area contributed by atoms with Gasteiger partial charge in [-0.25, -0.2) is 9.78 Å². The van der Waals surface area contributed by atoms with Crippen molar-refractivity contribution in [3.63, 3.8) is 0 Å². The van der Waals surface area contributed by atoms with Crippen molar-refractivity contribution in [1.29, 1.82) is 0 Å². The minimum absolute atomic E-state index is 0.290. The van der Waals surface area contributed by atoms with Gasteiger partial charge >= 0.3 is 5.69 Å². The van der Waals surface area contributed by atoms with Gasteiger partial charge in [-0.3, -0.25) is 18.5 Å². The van der Waals surface area contributed by atoms with Crippen molar-refractivity contribution in [2.75, 3.05) is 12.4 Å². The van der Waals surface area contributed by atoms with E-state index in [0.717, 1.165) is 0 Å². The second-order valence-corrected chi connectivity index (χ2v) is 9.19. The molecule has 0 fully saturated rings. The maximum atomic E-state index is 12.9. The second-order valence-electron chi connectivity index (χ2n) is 8.13. The van der Waals surface area contributed by atoms with Crippen molar-refractivity contribution >= 4 is 22.9 Å². The van der Waals surface area contributed by atoms with E-state index in [1.807, 2.05) is 28.8 Å². The zero-order valence-electron chi connectivity index (χ0n) is 19.5. The summed E-state index contributed by atoms with van der Waals surface area (Å²) in [5.41, 5.74) is 0.0825. The molecule has 1 atom stereocenters. The summed E-state index contributed by atoms with van der Waals surface area (Å²) in [4.78, 5) is 29.7. The first-order valence-electron chi connectivity index (χ1n) is 11.2. The van der Waals surface area contributed by atoms with Crippen LogP contribution in [-0.4, -0.2) is 45.8 Å². The fourth-order valence-corrected chi connectivity index (χ4v) is 4.95. The SMILES string of the molecule is C=CCn1c(SCCCn2c(=O)c3c(ncn3C)n(C)c2=O)nnc1[C@H]1COc2ccccc2O1. The molecule has 0 spiro atoms. The van der Waals surface area contributed by atoms with Crippen molar-refractivity contribution in [2.45, 2.75) is 30.8 Å². The highest BCUT2D eigenvalue weighted by molar-refractivity contribution is 7.99. The van der Waals surface area contributed by atoms with Crippen LogP contribution in [-0.2, 0) is 27.2 Å². The third kappa shape index (κ3) is 4.14. The molecule has 3 aromatic heterocycles. The molecule has 0 amide bonds. The predicted molar refractivity (Wildman–Crippen MR) is 131 cm³/mol. The van der Waals surface area contributed by atoms with E-state index in [-0.39, 0.29) is 17.4 Å². The number of imidazole rings is 1. The van der Waals surface area contributed by atoms with Gasteiger partial charge in [-0.15, -0.1) is 16.8 Å². The summed E-state index contributed by atoms with van der Waals surface area (Å²) in [6, 6.07) is 7.52. The van der Waals surface area contributed by atoms with E-state index in [2.05, 4.69) is 21.8 Å². The van der Waals surface area contributed by atoms with Crippen LogP contribution in [0.1, 0.15) is 18.3 Å². The number of benzene rings is 1. The molecule has 0 unspecified atom stereocenters. The lowest BCUT2D eigenvalue weighted by Gasteiger charge is -2.26. The molecule has 4 heterocycles. The summed E-state index contributed by atoms with van der Waals surface area (Å²) in [6.07, 6.45) is 3.52. The Hall–Kier alpha value is -3.80. The maximum absolute atomic E-state index is 12.9. The Morgan fingerprint density at radius 3 is 2.77 bits per heavy atom. The van der Waals surface area contributed by atoms with E-state index in [0.29, 0.717) is 65.5 Å². The molecule has 11 nitrogen and oxygen atoms in total. The number of rotatable bonds is 8. The number of nitrogens with zero attached hydrogens (tertiary/aromatic N) is 7. The van der Waals surface area contributed by atoms with Gasteiger partial charge in [0.05, 0.1) is 6.33 Å². The lowest BCUT2D eigenvalue weighted by Crippen LogP contribution is -2.39. The van der Waals surface area contributed by atoms with Crippen LogP contribution in [0.4, 0.5) is 0 Å². The van der Waals surface area contributed by atoms with Crippen molar-refractivity contribution in [1.82, 2.24) is 33.4 Å². The van der Waals surface area contributed by atoms with Crippen LogP contribution < -0.4 is 20.7 Å². The molecule has 1 aliphatic rings. The fraction of sp³-hybridized carbons (Fsp3) is 0.348. The van der Waals surface area contributed by atoms with Crippen LogP contribution in [0.25, 0.3) is 11.2 Å². The molecule has 1 aliphatic heterocycles. The highest BCUT2D eigenvalue weighted by Crippen LogP contribution is 2.36. The van der Waals surface area contributed by atoms with Crippen molar-refractivity contribution in [3.8, 4) is 11.5 Å². The Bertz CT molecular complexity index is 1520. The molecule has 12 heteroatoms. The zero-order valence-corrected chi connectivity index (χ0v) is 20.3. The molecular weight excluding hydrogens is 470 g/mol. The summed E-state index contributed by atoms with van der Waals surface area (Å²) in [5.74, 6) is 2.68. The van der Waals surface area contributed by atoms with E-state index >= 15 is 0 Å². The lowest BCUT2D eigenvalue weighted by molar-refractivity contribution is 0.0821. The van der Waals surface area contributed by atoms with Crippen molar-refractivity contribution < 1.29 is 9.47 Å². The van der Waals surface area contributed by atoms with E-state index in [1.54, 1.807) is 24.7 Å². The average Bonchev–Trinajstić information content (AvgIpc) is 3.45. The highest BCUT2D eigenvalue weighted by Gasteiger charge is 2.28. The third-order valence-corrected chi connectivity index (χ3v) is 6.86.